The number of carboxylic acids is 1. The first-order valence-corrected chi connectivity index (χ1v) is 8.13. The summed E-state index contributed by atoms with van der Waals surface area (Å²) in [6.07, 6.45) is 1.35. The van der Waals surface area contributed by atoms with Crippen LogP contribution < -0.4 is 14.8 Å². The summed E-state index contributed by atoms with van der Waals surface area (Å²) in [5, 5.41) is 20.7. The number of carboxylic acid groups (broad SMARTS) is 1. The number of ether oxygens (including phenoxy) is 2. The van der Waals surface area contributed by atoms with Crippen LogP contribution in [0.15, 0.2) is 54.1 Å². The third kappa shape index (κ3) is 5.90. The second kappa shape index (κ2) is 9.63. The van der Waals surface area contributed by atoms with Gasteiger partial charge in [0.1, 0.15) is 23.1 Å². The normalized spacial score (nSPS) is 10.6. The van der Waals surface area contributed by atoms with Crippen molar-refractivity contribution in [3.63, 3.8) is 0 Å². The first kappa shape index (κ1) is 19.5. The minimum absolute atomic E-state index is 0.143. The molecule has 2 rings (SSSR count). The Morgan fingerprint density at radius 1 is 1.15 bits per heavy atom. The molecule has 2 aromatic rings. The first-order valence-electron chi connectivity index (χ1n) is 8.13. The summed E-state index contributed by atoms with van der Waals surface area (Å²) >= 11 is 0. The Morgan fingerprint density at radius 2 is 1.85 bits per heavy atom. The topological polar surface area (TPSA) is 109 Å². The maximum absolute atomic E-state index is 12.4. The molecule has 138 valence electrons. The molecule has 0 fully saturated rings. The molecular weight excluding hydrogens is 348 g/mol. The number of nitriles is 1. The lowest BCUT2D eigenvalue weighted by Crippen LogP contribution is -2.13. The van der Waals surface area contributed by atoms with Crippen LogP contribution in [0.5, 0.6) is 11.5 Å². The molecule has 0 aliphatic rings. The number of para-hydroxylation sites is 1. The predicted octanol–water partition coefficient (Wildman–Crippen LogP) is 3.09. The van der Waals surface area contributed by atoms with Gasteiger partial charge in [0.2, 0.25) is 0 Å². The van der Waals surface area contributed by atoms with Crippen molar-refractivity contribution < 1.29 is 24.2 Å². The van der Waals surface area contributed by atoms with E-state index in [0.29, 0.717) is 23.6 Å². The van der Waals surface area contributed by atoms with Crippen LogP contribution >= 0.6 is 0 Å². The molecule has 2 aromatic carbocycles. The Kier molecular flexibility index (Phi) is 6.97. The van der Waals surface area contributed by atoms with E-state index in [4.69, 9.17) is 14.6 Å². The first-order chi connectivity index (χ1) is 13.0. The zero-order valence-electron chi connectivity index (χ0n) is 14.6. The molecule has 0 unspecified atom stereocenters. The molecule has 0 radical (unpaired) electrons. The summed E-state index contributed by atoms with van der Waals surface area (Å²) in [6.45, 7) is 1.89. The fourth-order valence-corrected chi connectivity index (χ4v) is 2.17. The number of rotatable bonds is 8. The molecule has 0 aromatic heterocycles. The van der Waals surface area contributed by atoms with Gasteiger partial charge in [0, 0.05) is 11.3 Å². The SMILES string of the molecule is CCOc1ccc(NC(=O)/C(C#N)=C/c2ccccc2OCC(=O)O)cc1. The Hall–Kier alpha value is -3.79. The molecule has 7 heteroatoms. The smallest absolute Gasteiger partial charge is 0.341 e. The van der Waals surface area contributed by atoms with Crippen molar-refractivity contribution in [1.29, 1.82) is 5.26 Å². The highest BCUT2D eigenvalue weighted by molar-refractivity contribution is 6.09. The minimum Gasteiger partial charge on any atom is -0.494 e. The van der Waals surface area contributed by atoms with Gasteiger partial charge in [0.15, 0.2) is 6.61 Å². The zero-order chi connectivity index (χ0) is 19.6. The molecule has 2 N–H and O–H groups in total. The highest BCUT2D eigenvalue weighted by atomic mass is 16.5. The van der Waals surface area contributed by atoms with Crippen molar-refractivity contribution in [2.75, 3.05) is 18.5 Å². The van der Waals surface area contributed by atoms with Crippen molar-refractivity contribution in [3.8, 4) is 17.6 Å². The van der Waals surface area contributed by atoms with Crippen molar-refractivity contribution in [2.45, 2.75) is 6.92 Å². The molecule has 27 heavy (non-hydrogen) atoms. The number of carbonyl (C=O) groups excluding carboxylic acids is 1. The van der Waals surface area contributed by atoms with Crippen LogP contribution in [0.2, 0.25) is 0 Å². The summed E-state index contributed by atoms with van der Waals surface area (Å²) in [4.78, 5) is 23.0. The van der Waals surface area contributed by atoms with Crippen molar-refractivity contribution in [2.24, 2.45) is 0 Å². The van der Waals surface area contributed by atoms with E-state index in [0.717, 1.165) is 0 Å². The van der Waals surface area contributed by atoms with Crippen LogP contribution in [-0.4, -0.2) is 30.2 Å². The fourth-order valence-electron chi connectivity index (χ4n) is 2.17. The molecule has 0 spiro atoms. The number of anilines is 1. The lowest BCUT2D eigenvalue weighted by molar-refractivity contribution is -0.139. The number of hydrogen-bond acceptors (Lipinski definition) is 5. The van der Waals surface area contributed by atoms with Gasteiger partial charge in [-0.15, -0.1) is 0 Å². The van der Waals surface area contributed by atoms with E-state index < -0.39 is 18.5 Å². The van der Waals surface area contributed by atoms with Gasteiger partial charge in [-0.2, -0.15) is 5.26 Å². The van der Waals surface area contributed by atoms with Gasteiger partial charge >= 0.3 is 5.97 Å². The van der Waals surface area contributed by atoms with E-state index in [9.17, 15) is 14.9 Å². The van der Waals surface area contributed by atoms with Gasteiger partial charge in [-0.25, -0.2) is 4.79 Å². The number of nitrogens with one attached hydrogen (secondary N) is 1. The maximum Gasteiger partial charge on any atom is 0.341 e. The Morgan fingerprint density at radius 3 is 2.48 bits per heavy atom. The molecule has 0 aliphatic heterocycles. The van der Waals surface area contributed by atoms with Gasteiger partial charge in [-0.05, 0) is 43.3 Å². The van der Waals surface area contributed by atoms with Crippen LogP contribution in [-0.2, 0) is 9.59 Å². The van der Waals surface area contributed by atoms with Crippen molar-refractivity contribution in [1.82, 2.24) is 0 Å². The monoisotopic (exact) mass is 366 g/mol. The highest BCUT2D eigenvalue weighted by Gasteiger charge is 2.12. The van der Waals surface area contributed by atoms with E-state index in [-0.39, 0.29) is 11.3 Å². The molecule has 0 atom stereocenters. The number of nitrogens with zero attached hydrogens (tertiary/aromatic N) is 1. The van der Waals surface area contributed by atoms with Gasteiger partial charge in [-0.1, -0.05) is 18.2 Å². The number of carbonyl (C=O) groups is 2. The average Bonchev–Trinajstić information content (AvgIpc) is 2.66. The van der Waals surface area contributed by atoms with E-state index >= 15 is 0 Å². The van der Waals surface area contributed by atoms with Crippen LogP contribution in [0, 0.1) is 11.3 Å². The number of hydrogen-bond donors (Lipinski definition) is 2. The zero-order valence-corrected chi connectivity index (χ0v) is 14.6. The van der Waals surface area contributed by atoms with Gasteiger partial charge < -0.3 is 19.9 Å². The lowest BCUT2D eigenvalue weighted by Gasteiger charge is -2.08. The number of benzene rings is 2. The molecule has 7 nitrogen and oxygen atoms in total. The summed E-state index contributed by atoms with van der Waals surface area (Å²) in [5.41, 5.74) is 0.799. The maximum atomic E-state index is 12.4. The van der Waals surface area contributed by atoms with Crippen molar-refractivity contribution >= 4 is 23.6 Å². The van der Waals surface area contributed by atoms with Gasteiger partial charge in [0.25, 0.3) is 5.91 Å². The van der Waals surface area contributed by atoms with Crippen LogP contribution in [0.25, 0.3) is 6.08 Å². The molecule has 0 heterocycles. The Bertz CT molecular complexity index is 882. The summed E-state index contributed by atoms with van der Waals surface area (Å²) in [5.74, 6) is -0.769. The predicted molar refractivity (Wildman–Crippen MR) is 99.4 cm³/mol. The summed E-state index contributed by atoms with van der Waals surface area (Å²) < 4.78 is 10.5. The molecule has 1 amide bonds. The quantitative estimate of drug-likeness (QED) is 0.549. The molecule has 0 bridgehead atoms. The van der Waals surface area contributed by atoms with E-state index in [1.54, 1.807) is 48.5 Å². The summed E-state index contributed by atoms with van der Waals surface area (Å²) in [7, 11) is 0. The number of aliphatic carboxylic acids is 1. The van der Waals surface area contributed by atoms with E-state index in [1.807, 2.05) is 13.0 Å². The van der Waals surface area contributed by atoms with Crippen LogP contribution in [0.1, 0.15) is 12.5 Å². The standard InChI is InChI=1S/C20H18N2O5/c1-2-26-17-9-7-16(8-10-17)22-20(25)15(12-21)11-14-5-3-4-6-18(14)27-13-19(23)24/h3-11H,2,13H2,1H3,(H,22,25)(H,23,24)/b15-11+. The largest absolute Gasteiger partial charge is 0.494 e. The Balaban J connectivity index is 2.17. The van der Waals surface area contributed by atoms with E-state index in [2.05, 4.69) is 5.32 Å². The van der Waals surface area contributed by atoms with Crippen LogP contribution in [0.3, 0.4) is 0 Å². The Labute approximate surface area is 156 Å². The third-order valence-corrected chi connectivity index (χ3v) is 3.36. The molecule has 0 saturated heterocycles. The third-order valence-electron chi connectivity index (χ3n) is 3.36. The lowest BCUT2D eigenvalue weighted by atomic mass is 10.1. The molecule has 0 aliphatic carbocycles. The average molecular weight is 366 g/mol. The van der Waals surface area contributed by atoms with Crippen LogP contribution in [0.4, 0.5) is 5.69 Å². The fraction of sp³-hybridized carbons (Fsp3) is 0.150. The van der Waals surface area contributed by atoms with E-state index in [1.165, 1.54) is 6.08 Å². The highest BCUT2D eigenvalue weighted by Crippen LogP contribution is 2.22. The van der Waals surface area contributed by atoms with Crippen molar-refractivity contribution in [3.05, 3.63) is 59.7 Å². The van der Waals surface area contributed by atoms with Gasteiger partial charge in [-0.3, -0.25) is 4.79 Å². The minimum atomic E-state index is -1.12. The summed E-state index contributed by atoms with van der Waals surface area (Å²) in [6, 6.07) is 15.2. The van der Waals surface area contributed by atoms with Gasteiger partial charge in [0.05, 0.1) is 6.61 Å². The second-order valence-corrected chi connectivity index (χ2v) is 5.30. The molecule has 0 saturated carbocycles. The molecular formula is C20H18N2O5. The number of amides is 1. The second-order valence-electron chi connectivity index (χ2n) is 5.30.